The van der Waals surface area contributed by atoms with Crippen molar-refractivity contribution in [2.24, 2.45) is 5.73 Å². The smallest absolute Gasteiger partial charge is 0.410 e. The van der Waals surface area contributed by atoms with Crippen molar-refractivity contribution in [1.82, 2.24) is 0 Å². The van der Waals surface area contributed by atoms with Gasteiger partial charge in [0, 0.05) is 0 Å². The maximum Gasteiger partial charge on any atom is 0.410 e. The molecule has 13 heavy (non-hydrogen) atoms. The SMILES string of the molecule is Cl.N[C@@H](c1cc(Br)co1)C(F)(F)F. The van der Waals surface area contributed by atoms with Gasteiger partial charge in [0.25, 0.3) is 0 Å². The molecular formula is C6H6BrClF3NO. The first-order valence-electron chi connectivity index (χ1n) is 2.97. The zero-order chi connectivity index (χ0) is 9.35. The third kappa shape index (κ3) is 3.21. The van der Waals surface area contributed by atoms with Gasteiger partial charge in [0.15, 0.2) is 6.04 Å². The molecule has 0 bridgehead atoms. The second kappa shape index (κ2) is 4.34. The fraction of sp³-hybridized carbons (Fsp3) is 0.333. The lowest BCUT2D eigenvalue weighted by Crippen LogP contribution is -2.27. The zero-order valence-corrected chi connectivity index (χ0v) is 8.54. The molecule has 1 heterocycles. The van der Waals surface area contributed by atoms with Crippen LogP contribution >= 0.6 is 28.3 Å². The molecule has 0 amide bonds. The predicted molar refractivity (Wildman–Crippen MR) is 46.6 cm³/mol. The van der Waals surface area contributed by atoms with E-state index in [2.05, 4.69) is 20.3 Å². The summed E-state index contributed by atoms with van der Waals surface area (Å²) in [7, 11) is 0. The summed E-state index contributed by atoms with van der Waals surface area (Å²) in [5, 5.41) is 0. The minimum Gasteiger partial charge on any atom is -0.466 e. The molecule has 1 aromatic rings. The monoisotopic (exact) mass is 279 g/mol. The molecule has 0 aliphatic rings. The predicted octanol–water partition coefficient (Wildman–Crippen LogP) is 3.03. The van der Waals surface area contributed by atoms with Crippen LogP contribution in [0.3, 0.4) is 0 Å². The van der Waals surface area contributed by atoms with Crippen molar-refractivity contribution in [1.29, 1.82) is 0 Å². The van der Waals surface area contributed by atoms with E-state index in [-0.39, 0.29) is 18.2 Å². The maximum atomic E-state index is 11.9. The van der Waals surface area contributed by atoms with E-state index in [0.29, 0.717) is 4.47 Å². The van der Waals surface area contributed by atoms with E-state index in [1.54, 1.807) is 0 Å². The molecule has 0 aliphatic heterocycles. The Morgan fingerprint density at radius 1 is 1.46 bits per heavy atom. The number of rotatable bonds is 1. The maximum absolute atomic E-state index is 11.9. The van der Waals surface area contributed by atoms with Crippen molar-refractivity contribution < 1.29 is 17.6 Å². The molecule has 7 heteroatoms. The number of halogens is 5. The summed E-state index contributed by atoms with van der Waals surface area (Å²) in [6.07, 6.45) is -3.31. The lowest BCUT2D eigenvalue weighted by molar-refractivity contribution is -0.152. The number of furan rings is 1. The summed E-state index contributed by atoms with van der Waals surface area (Å²) in [6.45, 7) is 0. The summed E-state index contributed by atoms with van der Waals surface area (Å²) < 4.78 is 40.8. The second-order valence-corrected chi connectivity index (χ2v) is 3.10. The highest BCUT2D eigenvalue weighted by Gasteiger charge is 2.39. The molecule has 0 saturated carbocycles. The van der Waals surface area contributed by atoms with Crippen LogP contribution in [0.2, 0.25) is 0 Å². The van der Waals surface area contributed by atoms with Gasteiger partial charge in [-0.15, -0.1) is 12.4 Å². The van der Waals surface area contributed by atoms with E-state index >= 15 is 0 Å². The third-order valence-corrected chi connectivity index (χ3v) is 1.66. The van der Waals surface area contributed by atoms with Crippen LogP contribution < -0.4 is 5.73 Å². The van der Waals surface area contributed by atoms with Crippen molar-refractivity contribution in [3.8, 4) is 0 Å². The van der Waals surface area contributed by atoms with Crippen LogP contribution in [0.5, 0.6) is 0 Å². The lowest BCUT2D eigenvalue weighted by atomic mass is 10.2. The first-order valence-corrected chi connectivity index (χ1v) is 3.77. The Labute approximate surface area is 86.8 Å². The van der Waals surface area contributed by atoms with Crippen LogP contribution in [0.1, 0.15) is 11.8 Å². The van der Waals surface area contributed by atoms with Gasteiger partial charge in [-0.25, -0.2) is 0 Å². The average Bonchev–Trinajstić information content (AvgIpc) is 2.32. The molecule has 0 aromatic carbocycles. The fourth-order valence-electron chi connectivity index (χ4n) is 0.653. The van der Waals surface area contributed by atoms with Gasteiger partial charge in [-0.3, -0.25) is 0 Å². The van der Waals surface area contributed by atoms with Gasteiger partial charge in [0.2, 0.25) is 0 Å². The van der Waals surface area contributed by atoms with Crippen LogP contribution in [-0.4, -0.2) is 6.18 Å². The lowest BCUT2D eigenvalue weighted by Gasteiger charge is -2.11. The Hall–Kier alpha value is -0.200. The first-order chi connectivity index (χ1) is 5.41. The highest BCUT2D eigenvalue weighted by atomic mass is 79.9. The van der Waals surface area contributed by atoms with Gasteiger partial charge in [-0.2, -0.15) is 13.2 Å². The van der Waals surface area contributed by atoms with Crippen molar-refractivity contribution >= 4 is 28.3 Å². The van der Waals surface area contributed by atoms with Crippen LogP contribution in [0, 0.1) is 0 Å². The quantitative estimate of drug-likeness (QED) is 0.859. The Kier molecular flexibility index (Phi) is 4.28. The van der Waals surface area contributed by atoms with Crippen LogP contribution in [0.4, 0.5) is 13.2 Å². The molecule has 0 radical (unpaired) electrons. The van der Waals surface area contributed by atoms with Gasteiger partial charge in [0.1, 0.15) is 12.0 Å². The molecule has 0 saturated heterocycles. The molecule has 2 N–H and O–H groups in total. The summed E-state index contributed by atoms with van der Waals surface area (Å²) >= 11 is 2.95. The minimum atomic E-state index is -4.46. The molecule has 1 atom stereocenters. The minimum absolute atomic E-state index is 0. The molecule has 0 aliphatic carbocycles. The molecule has 76 valence electrons. The second-order valence-electron chi connectivity index (χ2n) is 2.19. The topological polar surface area (TPSA) is 39.2 Å². The van der Waals surface area contributed by atoms with Crippen LogP contribution in [0.15, 0.2) is 21.2 Å². The summed E-state index contributed by atoms with van der Waals surface area (Å²) in [5.74, 6) is -0.297. The van der Waals surface area contributed by atoms with Gasteiger partial charge in [0.05, 0.1) is 4.47 Å². The summed E-state index contributed by atoms with van der Waals surface area (Å²) in [6, 6.07) is -0.859. The Bertz CT molecular complexity index is 275. The fourth-order valence-corrected chi connectivity index (χ4v) is 0.972. The largest absolute Gasteiger partial charge is 0.466 e. The Morgan fingerprint density at radius 3 is 2.31 bits per heavy atom. The van der Waals surface area contributed by atoms with E-state index in [1.165, 1.54) is 6.07 Å². The van der Waals surface area contributed by atoms with Crippen molar-refractivity contribution in [3.63, 3.8) is 0 Å². The first kappa shape index (κ1) is 12.8. The molecule has 1 aromatic heterocycles. The van der Waals surface area contributed by atoms with E-state index in [1.807, 2.05) is 0 Å². The number of nitrogens with two attached hydrogens (primary N) is 1. The van der Waals surface area contributed by atoms with Crippen molar-refractivity contribution in [3.05, 3.63) is 22.6 Å². The average molecular weight is 280 g/mol. The Balaban J connectivity index is 0.00000144. The van der Waals surface area contributed by atoms with Crippen LogP contribution in [0.25, 0.3) is 0 Å². The highest BCUT2D eigenvalue weighted by molar-refractivity contribution is 9.10. The number of hydrogen-bond acceptors (Lipinski definition) is 2. The number of hydrogen-bond donors (Lipinski definition) is 1. The van der Waals surface area contributed by atoms with Gasteiger partial charge < -0.3 is 10.2 Å². The van der Waals surface area contributed by atoms with E-state index < -0.39 is 12.2 Å². The summed E-state index contributed by atoms with van der Waals surface area (Å²) in [5.41, 5.74) is 4.85. The van der Waals surface area contributed by atoms with E-state index in [9.17, 15) is 13.2 Å². The molecule has 0 unspecified atom stereocenters. The Morgan fingerprint density at radius 2 is 2.00 bits per heavy atom. The molecule has 2 nitrogen and oxygen atoms in total. The number of alkyl halides is 3. The normalized spacial score (nSPS) is 13.6. The highest BCUT2D eigenvalue weighted by Crippen LogP contribution is 2.32. The van der Waals surface area contributed by atoms with Gasteiger partial charge in [-0.05, 0) is 22.0 Å². The van der Waals surface area contributed by atoms with Crippen molar-refractivity contribution in [2.75, 3.05) is 0 Å². The molecule has 1 rings (SSSR count). The molecule has 0 spiro atoms. The summed E-state index contributed by atoms with van der Waals surface area (Å²) in [4.78, 5) is 0. The third-order valence-electron chi connectivity index (χ3n) is 1.25. The molecular weight excluding hydrogens is 274 g/mol. The van der Waals surface area contributed by atoms with E-state index in [4.69, 9.17) is 5.73 Å². The zero-order valence-electron chi connectivity index (χ0n) is 6.14. The van der Waals surface area contributed by atoms with Crippen molar-refractivity contribution in [2.45, 2.75) is 12.2 Å². The standard InChI is InChI=1S/C6H5BrF3NO.ClH/c7-3-1-4(12-2-3)5(11)6(8,9)10;/h1-2,5H,11H2;1H/t5-;/m0./s1. The molecule has 0 fully saturated rings. The van der Waals surface area contributed by atoms with E-state index in [0.717, 1.165) is 6.26 Å². The van der Waals surface area contributed by atoms with Gasteiger partial charge >= 0.3 is 6.18 Å². The van der Waals surface area contributed by atoms with Crippen LogP contribution in [-0.2, 0) is 0 Å². The van der Waals surface area contributed by atoms with Gasteiger partial charge in [-0.1, -0.05) is 0 Å².